The third kappa shape index (κ3) is 6.03. The summed E-state index contributed by atoms with van der Waals surface area (Å²) in [5.41, 5.74) is 0.190. The van der Waals surface area contributed by atoms with Crippen LogP contribution in [0.25, 0.3) is 0 Å². The first-order chi connectivity index (χ1) is 20.0. The molecule has 0 aromatic carbocycles. The molecular formula is C28H42O14. The van der Waals surface area contributed by atoms with Gasteiger partial charge in [-0.1, -0.05) is 13.8 Å². The van der Waals surface area contributed by atoms with Crippen LogP contribution < -0.4 is 0 Å². The van der Waals surface area contributed by atoms with E-state index in [0.29, 0.717) is 12.8 Å². The molecule has 3 fully saturated rings. The molecule has 238 valence electrons. The zero-order valence-corrected chi connectivity index (χ0v) is 24.1. The lowest BCUT2D eigenvalue weighted by molar-refractivity contribution is -0.342. The normalized spacial score (nSPS) is 42.1. The molecule has 2 aliphatic heterocycles. The maximum atomic E-state index is 13.4. The highest BCUT2D eigenvalue weighted by molar-refractivity contribution is 5.89. The van der Waals surface area contributed by atoms with Crippen molar-refractivity contribution in [2.24, 2.45) is 41.4 Å². The smallest absolute Gasteiger partial charge is 0.337 e. The predicted octanol–water partition coefficient (Wildman–Crippen LogP) is -1.16. The van der Waals surface area contributed by atoms with Crippen LogP contribution in [0.2, 0.25) is 0 Å². The van der Waals surface area contributed by atoms with E-state index in [0.717, 1.165) is 0 Å². The highest BCUT2D eigenvalue weighted by Crippen LogP contribution is 2.49. The third-order valence-electron chi connectivity index (χ3n) is 9.51. The molecule has 2 heterocycles. The second-order valence-corrected chi connectivity index (χ2v) is 11.7. The number of fused-ring (bicyclic) bond motifs is 1. The van der Waals surface area contributed by atoms with Crippen molar-refractivity contribution < 1.29 is 68.3 Å². The summed E-state index contributed by atoms with van der Waals surface area (Å²) < 4.78 is 32.9. The molecule has 0 amide bonds. The minimum atomic E-state index is -1.68. The fourth-order valence-corrected chi connectivity index (χ4v) is 7.09. The van der Waals surface area contributed by atoms with Crippen LogP contribution >= 0.6 is 0 Å². The molecule has 14 nitrogen and oxygen atoms in total. The largest absolute Gasteiger partial charge is 0.472 e. The zero-order chi connectivity index (χ0) is 30.9. The number of aliphatic hydroxyl groups excluding tert-OH is 5. The molecule has 4 aliphatic rings. The number of carbonyl (C=O) groups excluding carboxylic acids is 3. The standard InChI is InChI=1S/C28H42O14/c1-11-5-6-13(19(11)26(36)38-4)15(8-29)25(35)40-17-7-14-16(24(34)37-3)10-39-27(20(14)12(17)2)42-28-23(33)22(32)21(31)18(9-30)41-28/h10-15,17-23,27-33H,5-9H2,1-4H3. The molecule has 1 saturated heterocycles. The van der Waals surface area contributed by atoms with E-state index in [-0.39, 0.29) is 17.9 Å². The number of methoxy groups -OCH3 is 2. The first-order valence-electron chi connectivity index (χ1n) is 14.3. The third-order valence-corrected chi connectivity index (χ3v) is 9.51. The fraction of sp³-hybridized carbons (Fsp3) is 0.821. The minimum Gasteiger partial charge on any atom is -0.472 e. The van der Waals surface area contributed by atoms with Gasteiger partial charge in [0, 0.05) is 17.8 Å². The quantitative estimate of drug-likeness (QED) is 0.156. The summed E-state index contributed by atoms with van der Waals surface area (Å²) >= 11 is 0. The molecule has 4 rings (SSSR count). The van der Waals surface area contributed by atoms with Crippen molar-refractivity contribution in [2.75, 3.05) is 27.4 Å². The summed E-state index contributed by atoms with van der Waals surface area (Å²) in [4.78, 5) is 38.5. The molecular weight excluding hydrogens is 560 g/mol. The lowest BCUT2D eigenvalue weighted by atomic mass is 9.81. The van der Waals surface area contributed by atoms with E-state index in [2.05, 4.69) is 0 Å². The Hall–Kier alpha value is -2.33. The Morgan fingerprint density at radius 3 is 2.33 bits per heavy atom. The van der Waals surface area contributed by atoms with Gasteiger partial charge in [0.1, 0.15) is 30.5 Å². The Bertz CT molecular complexity index is 1010. The summed E-state index contributed by atoms with van der Waals surface area (Å²) in [7, 11) is 2.51. The van der Waals surface area contributed by atoms with E-state index in [9.17, 15) is 39.9 Å². The molecule has 0 radical (unpaired) electrons. The van der Waals surface area contributed by atoms with E-state index < -0.39 is 110 Å². The van der Waals surface area contributed by atoms with Crippen molar-refractivity contribution >= 4 is 17.9 Å². The van der Waals surface area contributed by atoms with Crippen LogP contribution in [0.4, 0.5) is 0 Å². The van der Waals surface area contributed by atoms with Crippen LogP contribution in [-0.4, -0.2) is 114 Å². The van der Waals surface area contributed by atoms with Crippen LogP contribution in [0.3, 0.4) is 0 Å². The number of ether oxygens (including phenoxy) is 6. The van der Waals surface area contributed by atoms with Gasteiger partial charge in [0.15, 0.2) is 6.29 Å². The Balaban J connectivity index is 1.53. The summed E-state index contributed by atoms with van der Waals surface area (Å²) in [6, 6.07) is 0. The van der Waals surface area contributed by atoms with Gasteiger partial charge in [0.2, 0.25) is 6.29 Å². The Labute approximate surface area is 243 Å². The molecule has 14 atom stereocenters. The van der Waals surface area contributed by atoms with E-state index in [1.54, 1.807) is 6.92 Å². The molecule has 0 bridgehead atoms. The average molecular weight is 603 g/mol. The molecule has 0 aromatic heterocycles. The van der Waals surface area contributed by atoms with Gasteiger partial charge in [-0.15, -0.1) is 0 Å². The lowest BCUT2D eigenvalue weighted by Crippen LogP contribution is -2.60. The summed E-state index contributed by atoms with van der Waals surface area (Å²) in [5.74, 6) is -5.39. The van der Waals surface area contributed by atoms with Crippen LogP contribution in [-0.2, 0) is 42.8 Å². The van der Waals surface area contributed by atoms with Crippen LogP contribution in [0.5, 0.6) is 0 Å². The molecule has 0 spiro atoms. The van der Waals surface area contributed by atoms with Crippen molar-refractivity contribution in [1.29, 1.82) is 0 Å². The zero-order valence-electron chi connectivity index (χ0n) is 24.1. The van der Waals surface area contributed by atoms with Crippen LogP contribution in [0.15, 0.2) is 11.8 Å². The molecule has 2 saturated carbocycles. The number of hydrogen-bond acceptors (Lipinski definition) is 14. The number of carbonyl (C=O) groups is 3. The highest BCUT2D eigenvalue weighted by atomic mass is 16.8. The van der Waals surface area contributed by atoms with Gasteiger partial charge in [0.05, 0.1) is 51.1 Å². The number of esters is 3. The van der Waals surface area contributed by atoms with Crippen molar-refractivity contribution in [2.45, 2.75) is 76.2 Å². The minimum absolute atomic E-state index is 0.0252. The van der Waals surface area contributed by atoms with Gasteiger partial charge in [-0.2, -0.15) is 0 Å². The first-order valence-corrected chi connectivity index (χ1v) is 14.3. The Morgan fingerprint density at radius 2 is 1.71 bits per heavy atom. The van der Waals surface area contributed by atoms with Crippen LogP contribution in [0, 0.1) is 41.4 Å². The van der Waals surface area contributed by atoms with Crippen molar-refractivity contribution in [1.82, 2.24) is 0 Å². The maximum absolute atomic E-state index is 13.4. The topological polar surface area (TPSA) is 208 Å². The van der Waals surface area contributed by atoms with Gasteiger partial charge in [-0.3, -0.25) is 9.59 Å². The summed E-state index contributed by atoms with van der Waals surface area (Å²) in [6.07, 6.45) is -6.90. The number of hydrogen-bond donors (Lipinski definition) is 5. The highest BCUT2D eigenvalue weighted by Gasteiger charge is 2.55. The SMILES string of the molecule is COC(=O)C1=COC(OC2OC(CO)C(O)C(O)C2O)C2C1CC(OC(=O)C(CO)C1CCC(C)C1C(=O)OC)C2C. The maximum Gasteiger partial charge on any atom is 0.337 e. The second-order valence-electron chi connectivity index (χ2n) is 11.7. The number of rotatable bonds is 9. The number of aliphatic hydroxyl groups is 5. The summed E-state index contributed by atoms with van der Waals surface area (Å²) in [6.45, 7) is 2.52. The summed E-state index contributed by atoms with van der Waals surface area (Å²) in [5, 5.41) is 50.5. The van der Waals surface area contributed by atoms with Crippen molar-refractivity contribution in [3.05, 3.63) is 11.8 Å². The van der Waals surface area contributed by atoms with E-state index in [1.807, 2.05) is 6.92 Å². The Kier molecular flexibility index (Phi) is 10.5. The lowest BCUT2D eigenvalue weighted by Gasteiger charge is -2.43. The molecule has 2 aliphatic carbocycles. The van der Waals surface area contributed by atoms with Gasteiger partial charge >= 0.3 is 17.9 Å². The Morgan fingerprint density at radius 1 is 1.00 bits per heavy atom. The molecule has 14 unspecified atom stereocenters. The second kappa shape index (κ2) is 13.5. The van der Waals surface area contributed by atoms with Crippen molar-refractivity contribution in [3.8, 4) is 0 Å². The molecule has 0 aromatic rings. The van der Waals surface area contributed by atoms with Crippen molar-refractivity contribution in [3.63, 3.8) is 0 Å². The fourth-order valence-electron chi connectivity index (χ4n) is 7.09. The molecule has 14 heteroatoms. The van der Waals surface area contributed by atoms with Gasteiger partial charge in [0.25, 0.3) is 0 Å². The monoisotopic (exact) mass is 602 g/mol. The molecule has 42 heavy (non-hydrogen) atoms. The van der Waals surface area contributed by atoms with Crippen LogP contribution in [0.1, 0.15) is 33.1 Å². The van der Waals surface area contributed by atoms with Gasteiger partial charge < -0.3 is 54.0 Å². The van der Waals surface area contributed by atoms with E-state index >= 15 is 0 Å². The first kappa shape index (κ1) is 32.6. The van der Waals surface area contributed by atoms with Gasteiger partial charge in [-0.25, -0.2) is 4.79 Å². The van der Waals surface area contributed by atoms with E-state index in [1.165, 1.54) is 20.5 Å². The average Bonchev–Trinajstić information content (AvgIpc) is 3.52. The van der Waals surface area contributed by atoms with Gasteiger partial charge in [-0.05, 0) is 31.1 Å². The molecule has 5 N–H and O–H groups in total. The van der Waals surface area contributed by atoms with E-state index in [4.69, 9.17) is 28.4 Å². The predicted molar refractivity (Wildman–Crippen MR) is 138 cm³/mol.